The zero-order valence-electron chi connectivity index (χ0n) is 8.70. The molecule has 0 amide bonds. The maximum Gasteiger partial charge on any atom is 0.199 e. The van der Waals surface area contributed by atoms with Crippen molar-refractivity contribution in [3.63, 3.8) is 0 Å². The van der Waals surface area contributed by atoms with Gasteiger partial charge in [-0.15, -0.1) is 0 Å². The summed E-state index contributed by atoms with van der Waals surface area (Å²) in [5.74, 6) is 0.606. The van der Waals surface area contributed by atoms with Crippen molar-refractivity contribution in [2.75, 3.05) is 6.61 Å². The Hall–Kier alpha value is -0.800. The van der Waals surface area contributed by atoms with Gasteiger partial charge in [-0.05, 0) is 25.8 Å². The molecule has 15 heavy (non-hydrogen) atoms. The molecule has 82 valence electrons. The van der Waals surface area contributed by atoms with Gasteiger partial charge in [-0.3, -0.25) is 4.98 Å². The van der Waals surface area contributed by atoms with Gasteiger partial charge in [-0.25, -0.2) is 0 Å². The molecule has 0 aliphatic carbocycles. The largest absolute Gasteiger partial charge is 0.462 e. The summed E-state index contributed by atoms with van der Waals surface area (Å²) >= 11 is 6.03. The quantitative estimate of drug-likeness (QED) is 0.779. The van der Waals surface area contributed by atoms with Crippen LogP contribution in [0.3, 0.4) is 0 Å². The second-order valence-electron chi connectivity index (χ2n) is 3.67. The number of nitrogens with zero attached hydrogens (tertiary/aromatic N) is 1. The third kappa shape index (κ3) is 2.83. The number of halogens is 1. The molecule has 0 spiro atoms. The van der Waals surface area contributed by atoms with Gasteiger partial charge in [0.2, 0.25) is 0 Å². The smallest absolute Gasteiger partial charge is 0.199 e. The predicted molar refractivity (Wildman–Crippen MR) is 58.2 cm³/mol. The fraction of sp³-hybridized carbons (Fsp3) is 0.545. The van der Waals surface area contributed by atoms with Crippen molar-refractivity contribution in [1.82, 2.24) is 4.98 Å². The van der Waals surface area contributed by atoms with Crippen molar-refractivity contribution in [3.05, 3.63) is 23.0 Å². The van der Waals surface area contributed by atoms with Crippen LogP contribution in [0.2, 0.25) is 5.02 Å². The molecule has 4 heteroatoms. The van der Waals surface area contributed by atoms with E-state index in [0.717, 1.165) is 31.6 Å². The van der Waals surface area contributed by atoms with Crippen LogP contribution in [0.4, 0.5) is 0 Å². The van der Waals surface area contributed by atoms with E-state index in [0.29, 0.717) is 10.8 Å². The molecular formula is C11H14ClNO2. The Morgan fingerprint density at radius 3 is 3.07 bits per heavy atom. The monoisotopic (exact) mass is 227 g/mol. The standard InChI is InChI=1S/C11H14ClNO2/c1-8-6-9(12)10(7-13-8)15-11-4-2-3-5-14-11/h6-7,11H,2-5H2,1H3. The molecule has 1 aromatic heterocycles. The lowest BCUT2D eigenvalue weighted by molar-refractivity contribution is -0.106. The number of aryl methyl sites for hydroxylation is 1. The van der Waals surface area contributed by atoms with Gasteiger partial charge < -0.3 is 9.47 Å². The van der Waals surface area contributed by atoms with Crippen LogP contribution in [-0.4, -0.2) is 17.9 Å². The molecule has 1 saturated heterocycles. The first kappa shape index (κ1) is 10.7. The average Bonchev–Trinajstić information content (AvgIpc) is 2.24. The van der Waals surface area contributed by atoms with Crippen LogP contribution in [0.15, 0.2) is 12.3 Å². The molecule has 1 unspecified atom stereocenters. The lowest BCUT2D eigenvalue weighted by Crippen LogP contribution is -2.25. The van der Waals surface area contributed by atoms with Crippen molar-refractivity contribution in [1.29, 1.82) is 0 Å². The first-order valence-electron chi connectivity index (χ1n) is 5.16. The van der Waals surface area contributed by atoms with Crippen molar-refractivity contribution < 1.29 is 9.47 Å². The zero-order chi connectivity index (χ0) is 10.7. The topological polar surface area (TPSA) is 31.4 Å². The van der Waals surface area contributed by atoms with Gasteiger partial charge >= 0.3 is 0 Å². The Morgan fingerprint density at radius 1 is 1.53 bits per heavy atom. The molecule has 0 radical (unpaired) electrons. The second kappa shape index (κ2) is 4.81. The minimum Gasteiger partial charge on any atom is -0.462 e. The molecule has 0 bridgehead atoms. The van der Waals surface area contributed by atoms with Gasteiger partial charge in [-0.2, -0.15) is 0 Å². The first-order chi connectivity index (χ1) is 7.25. The molecule has 1 atom stereocenters. The van der Waals surface area contributed by atoms with Crippen LogP contribution < -0.4 is 4.74 Å². The van der Waals surface area contributed by atoms with Crippen LogP contribution in [0.5, 0.6) is 5.75 Å². The summed E-state index contributed by atoms with van der Waals surface area (Å²) in [7, 11) is 0. The van der Waals surface area contributed by atoms with Gasteiger partial charge in [0.25, 0.3) is 0 Å². The van der Waals surface area contributed by atoms with Crippen molar-refractivity contribution >= 4 is 11.6 Å². The molecule has 1 aliphatic rings. The van der Waals surface area contributed by atoms with Crippen LogP contribution in [0, 0.1) is 6.92 Å². The highest BCUT2D eigenvalue weighted by Gasteiger charge is 2.16. The lowest BCUT2D eigenvalue weighted by Gasteiger charge is -2.23. The summed E-state index contributed by atoms with van der Waals surface area (Å²) in [6.45, 7) is 2.66. The fourth-order valence-corrected chi connectivity index (χ4v) is 1.80. The van der Waals surface area contributed by atoms with Gasteiger partial charge in [0.05, 0.1) is 17.8 Å². The minimum atomic E-state index is -0.166. The summed E-state index contributed by atoms with van der Waals surface area (Å²) in [6.07, 6.45) is 4.65. The molecule has 0 N–H and O–H groups in total. The highest BCUT2D eigenvalue weighted by Crippen LogP contribution is 2.26. The Labute approximate surface area is 94.4 Å². The fourth-order valence-electron chi connectivity index (χ4n) is 1.55. The summed E-state index contributed by atoms with van der Waals surface area (Å²) in [5.41, 5.74) is 0.886. The van der Waals surface area contributed by atoms with Gasteiger partial charge in [0, 0.05) is 12.1 Å². The molecule has 0 saturated carbocycles. The van der Waals surface area contributed by atoms with Crippen LogP contribution >= 0.6 is 11.6 Å². The molecule has 1 aromatic rings. The Balaban J connectivity index is 2.03. The van der Waals surface area contributed by atoms with E-state index in [4.69, 9.17) is 21.1 Å². The lowest BCUT2D eigenvalue weighted by atomic mass is 10.2. The van der Waals surface area contributed by atoms with Crippen molar-refractivity contribution in [2.45, 2.75) is 32.5 Å². The summed E-state index contributed by atoms with van der Waals surface area (Å²) in [6, 6.07) is 1.79. The maximum absolute atomic E-state index is 6.03. The van der Waals surface area contributed by atoms with Crippen molar-refractivity contribution in [2.24, 2.45) is 0 Å². The number of ether oxygens (including phenoxy) is 2. The Kier molecular flexibility index (Phi) is 3.44. The molecule has 2 heterocycles. The van der Waals surface area contributed by atoms with E-state index >= 15 is 0 Å². The summed E-state index contributed by atoms with van der Waals surface area (Å²) < 4.78 is 11.1. The third-order valence-corrected chi connectivity index (χ3v) is 2.65. The molecule has 0 aromatic carbocycles. The predicted octanol–water partition coefficient (Wildman–Crippen LogP) is 2.95. The van der Waals surface area contributed by atoms with Crippen LogP contribution in [-0.2, 0) is 4.74 Å². The van der Waals surface area contributed by atoms with E-state index in [2.05, 4.69) is 4.98 Å². The van der Waals surface area contributed by atoms with Gasteiger partial charge in [0.1, 0.15) is 0 Å². The first-order valence-corrected chi connectivity index (χ1v) is 5.54. The van der Waals surface area contributed by atoms with Crippen LogP contribution in [0.25, 0.3) is 0 Å². The average molecular weight is 228 g/mol. The number of rotatable bonds is 2. The zero-order valence-corrected chi connectivity index (χ0v) is 9.46. The Morgan fingerprint density at radius 2 is 2.40 bits per heavy atom. The van der Waals surface area contributed by atoms with E-state index in [9.17, 15) is 0 Å². The molecule has 1 aliphatic heterocycles. The SMILES string of the molecule is Cc1cc(Cl)c(OC2CCCCO2)cn1. The number of aromatic nitrogens is 1. The van der Waals surface area contributed by atoms with E-state index in [1.54, 1.807) is 12.3 Å². The number of hydrogen-bond donors (Lipinski definition) is 0. The highest BCUT2D eigenvalue weighted by molar-refractivity contribution is 6.32. The Bertz CT molecular complexity index is 337. The van der Waals surface area contributed by atoms with Crippen molar-refractivity contribution in [3.8, 4) is 5.75 Å². The van der Waals surface area contributed by atoms with E-state index in [-0.39, 0.29) is 6.29 Å². The summed E-state index contributed by atoms with van der Waals surface area (Å²) in [4.78, 5) is 4.14. The number of pyridine rings is 1. The molecule has 3 nitrogen and oxygen atoms in total. The minimum absolute atomic E-state index is 0.166. The highest BCUT2D eigenvalue weighted by atomic mass is 35.5. The van der Waals surface area contributed by atoms with E-state index in [1.165, 1.54) is 0 Å². The maximum atomic E-state index is 6.03. The summed E-state index contributed by atoms with van der Waals surface area (Å²) in [5, 5.41) is 0.594. The van der Waals surface area contributed by atoms with Gasteiger partial charge in [0.15, 0.2) is 12.0 Å². The normalized spacial score (nSPS) is 21.3. The third-order valence-electron chi connectivity index (χ3n) is 2.35. The van der Waals surface area contributed by atoms with Gasteiger partial charge in [-0.1, -0.05) is 11.6 Å². The molecular weight excluding hydrogens is 214 g/mol. The molecule has 1 fully saturated rings. The van der Waals surface area contributed by atoms with Crippen LogP contribution in [0.1, 0.15) is 25.0 Å². The van der Waals surface area contributed by atoms with E-state index < -0.39 is 0 Å². The second-order valence-corrected chi connectivity index (χ2v) is 4.08. The van der Waals surface area contributed by atoms with E-state index in [1.807, 2.05) is 6.92 Å². The number of hydrogen-bond acceptors (Lipinski definition) is 3. The molecule has 2 rings (SSSR count).